The van der Waals surface area contributed by atoms with Gasteiger partial charge in [-0.25, -0.2) is 22.0 Å². The normalized spacial score (nSPS) is 13.8. The SMILES string of the molecule is O=C(OCC(=O)N1CCN(C(=O)c2ccco2)CC1)c1ccccc1NS(=O)(=O)c1ccc(F)c(F)c1. The third kappa shape index (κ3) is 5.94. The van der Waals surface area contributed by atoms with Crippen LogP contribution < -0.4 is 4.72 Å². The Labute approximate surface area is 210 Å². The van der Waals surface area contributed by atoms with Gasteiger partial charge in [-0.2, -0.15) is 0 Å². The summed E-state index contributed by atoms with van der Waals surface area (Å²) in [4.78, 5) is 40.0. The van der Waals surface area contributed by atoms with E-state index in [2.05, 4.69) is 4.72 Å². The van der Waals surface area contributed by atoms with Crippen LogP contribution in [0.2, 0.25) is 0 Å². The zero-order valence-corrected chi connectivity index (χ0v) is 20.0. The maximum atomic E-state index is 13.5. The lowest BCUT2D eigenvalue weighted by atomic mass is 10.2. The molecule has 10 nitrogen and oxygen atoms in total. The van der Waals surface area contributed by atoms with E-state index in [1.165, 1.54) is 35.4 Å². The van der Waals surface area contributed by atoms with Crippen molar-refractivity contribution in [3.05, 3.63) is 83.8 Å². The molecule has 1 aliphatic heterocycles. The van der Waals surface area contributed by atoms with Crippen LogP contribution in [-0.2, 0) is 19.6 Å². The van der Waals surface area contributed by atoms with Crippen LogP contribution >= 0.6 is 0 Å². The Morgan fingerprint density at radius 2 is 1.62 bits per heavy atom. The van der Waals surface area contributed by atoms with E-state index in [4.69, 9.17) is 9.15 Å². The summed E-state index contributed by atoms with van der Waals surface area (Å²) in [6.45, 7) is 0.401. The number of nitrogens with one attached hydrogen (secondary N) is 1. The van der Waals surface area contributed by atoms with Crippen molar-refractivity contribution in [2.24, 2.45) is 0 Å². The Hall–Kier alpha value is -4.26. The highest BCUT2D eigenvalue weighted by molar-refractivity contribution is 7.92. The smallest absolute Gasteiger partial charge is 0.340 e. The summed E-state index contributed by atoms with van der Waals surface area (Å²) in [7, 11) is -4.36. The third-order valence-electron chi connectivity index (χ3n) is 5.57. The van der Waals surface area contributed by atoms with E-state index < -0.39 is 45.0 Å². The summed E-state index contributed by atoms with van der Waals surface area (Å²) >= 11 is 0. The number of nitrogens with zero attached hydrogens (tertiary/aromatic N) is 2. The summed E-state index contributed by atoms with van der Waals surface area (Å²) in [5, 5.41) is 0. The van der Waals surface area contributed by atoms with Crippen LogP contribution in [0.3, 0.4) is 0 Å². The standard InChI is InChI=1S/C24H21F2N3O7S/c25-18-8-7-16(14-19(18)26)37(33,34)27-20-5-2-1-4-17(20)24(32)36-15-22(30)28-9-11-29(12-10-28)23(31)21-6-3-13-35-21/h1-8,13-14,27H,9-12,15H2. The van der Waals surface area contributed by atoms with Gasteiger partial charge < -0.3 is 19.0 Å². The van der Waals surface area contributed by atoms with Gasteiger partial charge in [0, 0.05) is 26.2 Å². The molecule has 3 aromatic rings. The van der Waals surface area contributed by atoms with Gasteiger partial charge in [-0.1, -0.05) is 12.1 Å². The highest BCUT2D eigenvalue weighted by atomic mass is 32.2. The molecule has 0 spiro atoms. The number of hydrogen-bond donors (Lipinski definition) is 1. The minimum Gasteiger partial charge on any atom is -0.459 e. The van der Waals surface area contributed by atoms with Crippen LogP contribution in [0.25, 0.3) is 0 Å². The first-order chi connectivity index (χ1) is 17.7. The number of sulfonamides is 1. The lowest BCUT2D eigenvalue weighted by molar-refractivity contribution is -0.136. The van der Waals surface area contributed by atoms with Gasteiger partial charge in [0.05, 0.1) is 22.4 Å². The maximum Gasteiger partial charge on any atom is 0.340 e. The highest BCUT2D eigenvalue weighted by Gasteiger charge is 2.27. The van der Waals surface area contributed by atoms with Crippen molar-refractivity contribution in [2.75, 3.05) is 37.5 Å². The number of ether oxygens (including phenoxy) is 1. The minimum atomic E-state index is -4.36. The van der Waals surface area contributed by atoms with E-state index >= 15 is 0 Å². The Bertz CT molecular complexity index is 1420. The van der Waals surface area contributed by atoms with Crippen LogP contribution in [0.1, 0.15) is 20.9 Å². The monoisotopic (exact) mass is 533 g/mol. The van der Waals surface area contributed by atoms with Gasteiger partial charge in [0.2, 0.25) is 0 Å². The number of benzene rings is 2. The molecule has 0 saturated carbocycles. The number of carbonyl (C=O) groups is 3. The van der Waals surface area contributed by atoms with Crippen molar-refractivity contribution >= 4 is 33.5 Å². The molecule has 1 fully saturated rings. The Morgan fingerprint density at radius 1 is 0.919 bits per heavy atom. The fourth-order valence-corrected chi connectivity index (χ4v) is 4.70. The number of halogens is 2. The van der Waals surface area contributed by atoms with Gasteiger partial charge in [-0.15, -0.1) is 0 Å². The number of piperazine rings is 1. The molecule has 4 rings (SSSR count). The fraction of sp³-hybridized carbons (Fsp3) is 0.208. The molecule has 0 aliphatic carbocycles. The van der Waals surface area contributed by atoms with E-state index in [1.54, 1.807) is 17.0 Å². The molecule has 0 unspecified atom stereocenters. The zero-order chi connectivity index (χ0) is 26.6. The number of rotatable bonds is 7. The molecule has 37 heavy (non-hydrogen) atoms. The number of amides is 2. The first-order valence-electron chi connectivity index (χ1n) is 11.0. The van der Waals surface area contributed by atoms with Crippen molar-refractivity contribution in [1.82, 2.24) is 9.80 Å². The molecule has 0 atom stereocenters. The average molecular weight is 534 g/mol. The first kappa shape index (κ1) is 25.8. The second kappa shape index (κ2) is 10.8. The van der Waals surface area contributed by atoms with Gasteiger partial charge in [0.1, 0.15) is 0 Å². The Kier molecular flexibility index (Phi) is 7.53. The Morgan fingerprint density at radius 3 is 2.30 bits per heavy atom. The van der Waals surface area contributed by atoms with Gasteiger partial charge in [0.15, 0.2) is 24.0 Å². The fourth-order valence-electron chi connectivity index (χ4n) is 3.61. The first-order valence-corrected chi connectivity index (χ1v) is 12.5. The molecular formula is C24H21F2N3O7S. The van der Waals surface area contributed by atoms with E-state index in [0.29, 0.717) is 12.1 Å². The van der Waals surface area contributed by atoms with E-state index in [1.807, 2.05) is 0 Å². The quantitative estimate of drug-likeness (QED) is 0.463. The van der Waals surface area contributed by atoms with Crippen LogP contribution in [0.4, 0.5) is 14.5 Å². The van der Waals surface area contributed by atoms with Crippen molar-refractivity contribution in [1.29, 1.82) is 0 Å². The number of esters is 1. The topological polar surface area (TPSA) is 126 Å². The van der Waals surface area contributed by atoms with Crippen molar-refractivity contribution in [2.45, 2.75) is 4.90 Å². The summed E-state index contributed by atoms with van der Waals surface area (Å²) in [6.07, 6.45) is 1.40. The van der Waals surface area contributed by atoms with Gasteiger partial charge in [-0.3, -0.25) is 14.3 Å². The molecule has 1 aliphatic rings. The number of hydrogen-bond acceptors (Lipinski definition) is 7. The van der Waals surface area contributed by atoms with E-state index in [9.17, 15) is 31.6 Å². The molecule has 2 amide bonds. The number of carbonyl (C=O) groups excluding carboxylic acids is 3. The molecule has 0 bridgehead atoms. The predicted molar refractivity (Wildman–Crippen MR) is 125 cm³/mol. The summed E-state index contributed by atoms with van der Waals surface area (Å²) < 4.78 is 64.3. The van der Waals surface area contributed by atoms with E-state index in [-0.39, 0.29) is 49.1 Å². The molecule has 194 valence electrons. The molecule has 1 aromatic heterocycles. The number of furan rings is 1. The van der Waals surface area contributed by atoms with Crippen molar-refractivity contribution in [3.63, 3.8) is 0 Å². The summed E-state index contributed by atoms with van der Waals surface area (Å²) in [5.41, 5.74) is -0.356. The third-order valence-corrected chi connectivity index (χ3v) is 6.93. The van der Waals surface area contributed by atoms with Gasteiger partial charge >= 0.3 is 5.97 Å². The molecule has 2 heterocycles. The second-order valence-electron chi connectivity index (χ2n) is 7.95. The molecule has 0 radical (unpaired) electrons. The van der Waals surface area contributed by atoms with Crippen LogP contribution in [0.15, 0.2) is 70.2 Å². The lowest BCUT2D eigenvalue weighted by Gasteiger charge is -2.34. The largest absolute Gasteiger partial charge is 0.459 e. The molecule has 1 saturated heterocycles. The minimum absolute atomic E-state index is 0.172. The zero-order valence-electron chi connectivity index (χ0n) is 19.2. The predicted octanol–water partition coefficient (Wildman–Crippen LogP) is 2.50. The summed E-state index contributed by atoms with van der Waals surface area (Å²) in [6, 6.07) is 10.7. The number of para-hydroxylation sites is 1. The molecule has 2 aromatic carbocycles. The van der Waals surface area contributed by atoms with Gasteiger partial charge in [-0.05, 0) is 42.5 Å². The molecule has 1 N–H and O–H groups in total. The lowest BCUT2D eigenvalue weighted by Crippen LogP contribution is -2.51. The van der Waals surface area contributed by atoms with Crippen LogP contribution in [-0.4, -0.2) is 68.8 Å². The van der Waals surface area contributed by atoms with Crippen molar-refractivity contribution < 1.29 is 40.7 Å². The molecular weight excluding hydrogens is 512 g/mol. The number of anilines is 1. The van der Waals surface area contributed by atoms with Crippen LogP contribution in [0.5, 0.6) is 0 Å². The van der Waals surface area contributed by atoms with Crippen molar-refractivity contribution in [3.8, 4) is 0 Å². The summed E-state index contributed by atoms with van der Waals surface area (Å²) in [5.74, 6) is -4.10. The average Bonchev–Trinajstić information content (AvgIpc) is 3.43. The second-order valence-corrected chi connectivity index (χ2v) is 9.64. The molecule has 13 heteroatoms. The van der Waals surface area contributed by atoms with Crippen LogP contribution in [0, 0.1) is 11.6 Å². The Balaban J connectivity index is 1.35. The van der Waals surface area contributed by atoms with E-state index in [0.717, 1.165) is 6.07 Å². The van der Waals surface area contributed by atoms with Gasteiger partial charge in [0.25, 0.3) is 21.8 Å². The highest BCUT2D eigenvalue weighted by Crippen LogP contribution is 2.22. The maximum absolute atomic E-state index is 13.5.